The van der Waals surface area contributed by atoms with E-state index in [9.17, 15) is 4.79 Å². The van der Waals surface area contributed by atoms with Crippen LogP contribution in [0.1, 0.15) is 27.0 Å². The van der Waals surface area contributed by atoms with Crippen molar-refractivity contribution in [3.63, 3.8) is 0 Å². The van der Waals surface area contributed by atoms with Crippen LogP contribution in [0.5, 0.6) is 0 Å². The number of rotatable bonds is 6. The number of carbonyl (C=O) groups excluding carboxylic acids is 1. The van der Waals surface area contributed by atoms with Crippen LogP contribution in [0.15, 0.2) is 54.6 Å². The summed E-state index contributed by atoms with van der Waals surface area (Å²) in [6.45, 7) is 0.373. The fourth-order valence-corrected chi connectivity index (χ4v) is 2.06. The summed E-state index contributed by atoms with van der Waals surface area (Å²) in [5, 5.41) is 17.5. The van der Waals surface area contributed by atoms with Gasteiger partial charge in [-0.05, 0) is 23.8 Å². The molecule has 122 valence electrons. The Balaban J connectivity index is 1.91. The Morgan fingerprint density at radius 1 is 0.958 bits per heavy atom. The van der Waals surface area contributed by atoms with Gasteiger partial charge in [-0.3, -0.25) is 15.6 Å². The Morgan fingerprint density at radius 2 is 1.58 bits per heavy atom. The lowest BCUT2D eigenvalue weighted by molar-refractivity contribution is 0.0958. The molecule has 2 rings (SSSR count). The minimum Gasteiger partial charge on any atom is -0.384 e. The summed E-state index contributed by atoms with van der Waals surface area (Å²) in [6, 6.07) is 13.8. The molecule has 2 aromatic rings. The summed E-state index contributed by atoms with van der Waals surface area (Å²) in [5.41, 5.74) is 13.5. The van der Waals surface area contributed by atoms with E-state index in [-0.39, 0.29) is 17.6 Å². The molecular formula is C18H19N5O. The number of hydrogen-bond acceptors (Lipinski definition) is 3. The minimum absolute atomic E-state index is 0.0209. The van der Waals surface area contributed by atoms with Gasteiger partial charge in [0.2, 0.25) is 0 Å². The van der Waals surface area contributed by atoms with Crippen molar-refractivity contribution in [2.24, 2.45) is 11.5 Å². The number of nitrogens with one attached hydrogen (secondary N) is 3. The van der Waals surface area contributed by atoms with E-state index in [1.165, 1.54) is 0 Å². The fraction of sp³-hybridized carbons (Fsp3) is 0.0556. The van der Waals surface area contributed by atoms with E-state index in [1.54, 1.807) is 36.4 Å². The normalized spacial score (nSPS) is 10.5. The molecule has 1 amide bonds. The molecule has 0 bridgehead atoms. The second-order valence-corrected chi connectivity index (χ2v) is 5.14. The molecule has 0 aromatic heterocycles. The molecule has 6 heteroatoms. The highest BCUT2D eigenvalue weighted by Crippen LogP contribution is 2.07. The van der Waals surface area contributed by atoms with Crippen LogP contribution in [0.2, 0.25) is 0 Å². The second kappa shape index (κ2) is 7.73. The average Bonchev–Trinajstić information content (AvgIpc) is 2.59. The van der Waals surface area contributed by atoms with Crippen molar-refractivity contribution in [3.05, 3.63) is 76.9 Å². The number of nitrogens with two attached hydrogens (primary N) is 2. The molecule has 0 heterocycles. The predicted octanol–water partition coefficient (Wildman–Crippen LogP) is 1.70. The number of amidine groups is 2. The van der Waals surface area contributed by atoms with Crippen molar-refractivity contribution in [2.75, 3.05) is 6.54 Å². The van der Waals surface area contributed by atoms with Gasteiger partial charge in [-0.25, -0.2) is 0 Å². The lowest BCUT2D eigenvalue weighted by Crippen LogP contribution is -2.23. The first kappa shape index (κ1) is 17.0. The molecule has 24 heavy (non-hydrogen) atoms. The summed E-state index contributed by atoms with van der Waals surface area (Å²) < 4.78 is 0. The summed E-state index contributed by atoms with van der Waals surface area (Å²) in [7, 11) is 0. The third kappa shape index (κ3) is 4.54. The maximum atomic E-state index is 12.0. The maximum absolute atomic E-state index is 12.0. The molecule has 0 radical (unpaired) electrons. The molecule has 0 spiro atoms. The van der Waals surface area contributed by atoms with Crippen LogP contribution in [-0.2, 0) is 0 Å². The Hall–Kier alpha value is -3.41. The number of amides is 1. The molecule has 0 aliphatic rings. The van der Waals surface area contributed by atoms with Gasteiger partial charge in [0.05, 0.1) is 0 Å². The van der Waals surface area contributed by atoms with Gasteiger partial charge < -0.3 is 16.8 Å². The number of carbonyl (C=O) groups is 1. The van der Waals surface area contributed by atoms with Crippen molar-refractivity contribution in [1.29, 1.82) is 10.8 Å². The molecule has 0 aliphatic heterocycles. The van der Waals surface area contributed by atoms with Gasteiger partial charge in [0.15, 0.2) is 0 Å². The number of hydrogen-bond donors (Lipinski definition) is 5. The quantitative estimate of drug-likeness (QED) is 0.410. The fourth-order valence-electron chi connectivity index (χ4n) is 2.06. The molecular weight excluding hydrogens is 302 g/mol. The summed E-state index contributed by atoms with van der Waals surface area (Å²) in [5.74, 6) is -0.211. The zero-order valence-corrected chi connectivity index (χ0v) is 13.0. The van der Waals surface area contributed by atoms with Gasteiger partial charge in [-0.1, -0.05) is 42.5 Å². The van der Waals surface area contributed by atoms with Crippen LogP contribution in [0.25, 0.3) is 6.08 Å². The molecule has 0 fully saturated rings. The molecule has 0 unspecified atom stereocenters. The number of nitrogen functional groups attached to an aromatic ring is 2. The third-order valence-electron chi connectivity index (χ3n) is 3.35. The van der Waals surface area contributed by atoms with Crippen LogP contribution in [0.4, 0.5) is 0 Å². The first-order valence-corrected chi connectivity index (χ1v) is 7.31. The predicted molar refractivity (Wildman–Crippen MR) is 96.3 cm³/mol. The molecule has 0 saturated heterocycles. The monoisotopic (exact) mass is 321 g/mol. The van der Waals surface area contributed by atoms with Crippen LogP contribution in [0, 0.1) is 10.8 Å². The van der Waals surface area contributed by atoms with Gasteiger partial charge in [0.1, 0.15) is 11.7 Å². The van der Waals surface area contributed by atoms with Crippen LogP contribution >= 0.6 is 0 Å². The van der Waals surface area contributed by atoms with Crippen molar-refractivity contribution in [1.82, 2.24) is 5.32 Å². The zero-order valence-electron chi connectivity index (χ0n) is 13.0. The SMILES string of the molecule is N=C(N)c1ccc(C(=O)NC/C=C/c2cccc(C(=N)N)c2)cc1. The highest BCUT2D eigenvalue weighted by molar-refractivity contribution is 5.98. The lowest BCUT2D eigenvalue weighted by atomic mass is 10.1. The first-order chi connectivity index (χ1) is 11.5. The summed E-state index contributed by atoms with van der Waals surface area (Å²) >= 11 is 0. The van der Waals surface area contributed by atoms with E-state index < -0.39 is 0 Å². The van der Waals surface area contributed by atoms with E-state index in [0.29, 0.717) is 23.2 Å². The topological polar surface area (TPSA) is 129 Å². The van der Waals surface area contributed by atoms with Crippen molar-refractivity contribution < 1.29 is 4.79 Å². The largest absolute Gasteiger partial charge is 0.384 e. The molecule has 0 aliphatic carbocycles. The molecule has 0 saturated carbocycles. The Labute approximate surface area is 140 Å². The van der Waals surface area contributed by atoms with Crippen molar-refractivity contribution in [2.45, 2.75) is 0 Å². The van der Waals surface area contributed by atoms with Gasteiger partial charge in [0, 0.05) is 23.2 Å². The van der Waals surface area contributed by atoms with Gasteiger partial charge in [-0.15, -0.1) is 0 Å². The highest BCUT2D eigenvalue weighted by Gasteiger charge is 2.04. The standard InChI is InChI=1S/C18H19N5O/c19-16(20)13-6-8-14(9-7-13)18(24)23-10-2-4-12-3-1-5-15(11-12)17(21)22/h1-9,11H,10H2,(H3,19,20)(H3,21,22)(H,23,24)/b4-2+. The maximum Gasteiger partial charge on any atom is 0.251 e. The van der Waals surface area contributed by atoms with E-state index in [1.807, 2.05) is 24.3 Å². The van der Waals surface area contributed by atoms with Crippen molar-refractivity contribution in [3.8, 4) is 0 Å². The average molecular weight is 321 g/mol. The number of benzene rings is 2. The zero-order chi connectivity index (χ0) is 17.5. The van der Waals surface area contributed by atoms with Crippen LogP contribution < -0.4 is 16.8 Å². The second-order valence-electron chi connectivity index (χ2n) is 5.14. The van der Waals surface area contributed by atoms with E-state index in [0.717, 1.165) is 5.56 Å². The van der Waals surface area contributed by atoms with Gasteiger partial charge >= 0.3 is 0 Å². The Bertz CT molecular complexity index is 793. The van der Waals surface area contributed by atoms with E-state index in [2.05, 4.69) is 5.32 Å². The first-order valence-electron chi connectivity index (χ1n) is 7.31. The van der Waals surface area contributed by atoms with Crippen molar-refractivity contribution >= 4 is 23.7 Å². The van der Waals surface area contributed by atoms with E-state index in [4.69, 9.17) is 22.3 Å². The van der Waals surface area contributed by atoms with Gasteiger partial charge in [0.25, 0.3) is 5.91 Å². The smallest absolute Gasteiger partial charge is 0.251 e. The van der Waals surface area contributed by atoms with Gasteiger partial charge in [-0.2, -0.15) is 0 Å². The van der Waals surface area contributed by atoms with Crippen LogP contribution in [0.3, 0.4) is 0 Å². The van der Waals surface area contributed by atoms with Crippen LogP contribution in [-0.4, -0.2) is 24.1 Å². The molecule has 2 aromatic carbocycles. The lowest BCUT2D eigenvalue weighted by Gasteiger charge is -2.04. The molecule has 7 N–H and O–H groups in total. The Kier molecular flexibility index (Phi) is 5.46. The summed E-state index contributed by atoms with van der Waals surface area (Å²) in [6.07, 6.45) is 3.67. The molecule has 6 nitrogen and oxygen atoms in total. The van der Waals surface area contributed by atoms with E-state index >= 15 is 0 Å². The highest BCUT2D eigenvalue weighted by atomic mass is 16.1. The Morgan fingerprint density at radius 3 is 2.21 bits per heavy atom. The third-order valence-corrected chi connectivity index (χ3v) is 3.35. The molecule has 0 atom stereocenters. The minimum atomic E-state index is -0.202. The summed E-state index contributed by atoms with van der Waals surface area (Å²) in [4.78, 5) is 12.0.